The molecular weight excluding hydrogens is 356 g/mol. The highest BCUT2D eigenvalue weighted by molar-refractivity contribution is 6.30. The Hall–Kier alpha value is -2.86. The minimum absolute atomic E-state index is 0.133. The first-order valence-corrected chi connectivity index (χ1v) is 8.31. The molecule has 7 heteroatoms. The minimum atomic E-state index is -1.18. The minimum Gasteiger partial charge on any atom is -0.476 e. The Bertz CT molecular complexity index is 876. The number of carbonyl (C=O) groups excluding carboxylic acids is 1. The van der Waals surface area contributed by atoms with Crippen molar-refractivity contribution in [1.29, 1.82) is 0 Å². The Kier molecular flexibility index (Phi) is 5.23. The van der Waals surface area contributed by atoms with Crippen LogP contribution in [0.2, 0.25) is 5.02 Å². The lowest BCUT2D eigenvalue weighted by Gasteiger charge is -2.24. The number of benzene rings is 2. The van der Waals surface area contributed by atoms with Gasteiger partial charge in [0.25, 0.3) is 5.89 Å². The van der Waals surface area contributed by atoms with Crippen LogP contribution < -0.4 is 4.74 Å². The third kappa shape index (κ3) is 4.40. The van der Waals surface area contributed by atoms with Gasteiger partial charge in [-0.05, 0) is 50.2 Å². The molecule has 134 valence electrons. The molecule has 0 N–H and O–H groups in total. The summed E-state index contributed by atoms with van der Waals surface area (Å²) in [6.07, 6.45) is 0. The number of rotatable bonds is 6. The van der Waals surface area contributed by atoms with Crippen LogP contribution >= 0.6 is 11.6 Å². The van der Waals surface area contributed by atoms with E-state index in [9.17, 15) is 4.79 Å². The van der Waals surface area contributed by atoms with Crippen molar-refractivity contribution in [2.24, 2.45) is 0 Å². The fourth-order valence-electron chi connectivity index (χ4n) is 2.15. The summed E-state index contributed by atoms with van der Waals surface area (Å²) in [5.41, 5.74) is -0.389. The van der Waals surface area contributed by atoms with E-state index in [-0.39, 0.29) is 12.5 Å². The molecule has 0 spiro atoms. The molecule has 0 amide bonds. The molecule has 0 saturated heterocycles. The lowest BCUT2D eigenvalue weighted by atomic mass is 10.1. The van der Waals surface area contributed by atoms with Crippen LogP contribution in [-0.4, -0.2) is 21.8 Å². The SMILES string of the molecule is CC(C)(Oc1ccc(Cl)cc1)C(=O)OCc1nnc(-c2ccccc2)o1. The summed E-state index contributed by atoms with van der Waals surface area (Å²) in [5, 5.41) is 8.43. The van der Waals surface area contributed by atoms with E-state index in [4.69, 9.17) is 25.5 Å². The standard InChI is InChI=1S/C19H17ClN2O4/c1-19(2,26-15-10-8-14(20)9-11-15)18(23)24-12-16-21-22-17(25-16)13-6-4-3-5-7-13/h3-11H,12H2,1-2H3. The maximum Gasteiger partial charge on any atom is 0.350 e. The van der Waals surface area contributed by atoms with Gasteiger partial charge >= 0.3 is 5.97 Å². The van der Waals surface area contributed by atoms with Crippen LogP contribution in [0.3, 0.4) is 0 Å². The van der Waals surface area contributed by atoms with Crippen molar-refractivity contribution in [1.82, 2.24) is 10.2 Å². The number of hydrogen-bond donors (Lipinski definition) is 0. The van der Waals surface area contributed by atoms with Crippen molar-refractivity contribution in [3.05, 3.63) is 65.5 Å². The van der Waals surface area contributed by atoms with E-state index in [0.29, 0.717) is 16.7 Å². The Morgan fingerprint density at radius 3 is 2.46 bits per heavy atom. The summed E-state index contributed by atoms with van der Waals surface area (Å²) in [4.78, 5) is 12.3. The van der Waals surface area contributed by atoms with Crippen LogP contribution in [0.15, 0.2) is 59.0 Å². The highest BCUT2D eigenvalue weighted by Crippen LogP contribution is 2.22. The van der Waals surface area contributed by atoms with Gasteiger partial charge in [0.1, 0.15) is 5.75 Å². The molecule has 2 aromatic carbocycles. The summed E-state index contributed by atoms with van der Waals surface area (Å²) in [6.45, 7) is 3.10. The van der Waals surface area contributed by atoms with Gasteiger partial charge < -0.3 is 13.9 Å². The molecule has 0 radical (unpaired) electrons. The Labute approximate surface area is 155 Å². The zero-order valence-corrected chi connectivity index (χ0v) is 15.1. The molecule has 3 aromatic rings. The van der Waals surface area contributed by atoms with Crippen molar-refractivity contribution < 1.29 is 18.7 Å². The molecule has 0 unspecified atom stereocenters. The molecule has 0 aliphatic rings. The molecule has 6 nitrogen and oxygen atoms in total. The normalized spacial score (nSPS) is 11.2. The van der Waals surface area contributed by atoms with Crippen LogP contribution in [0.5, 0.6) is 5.75 Å². The fraction of sp³-hybridized carbons (Fsp3) is 0.211. The van der Waals surface area contributed by atoms with Crippen LogP contribution in [-0.2, 0) is 16.1 Å². The van der Waals surface area contributed by atoms with Crippen molar-refractivity contribution in [3.63, 3.8) is 0 Å². The van der Waals surface area contributed by atoms with Gasteiger partial charge in [-0.25, -0.2) is 4.79 Å². The first kappa shape index (κ1) is 17.9. The van der Waals surface area contributed by atoms with E-state index in [1.165, 1.54) is 0 Å². The Morgan fingerprint density at radius 1 is 1.08 bits per heavy atom. The monoisotopic (exact) mass is 372 g/mol. The first-order valence-electron chi connectivity index (χ1n) is 7.94. The van der Waals surface area contributed by atoms with Gasteiger partial charge in [-0.2, -0.15) is 0 Å². The van der Waals surface area contributed by atoms with Crippen molar-refractivity contribution in [2.75, 3.05) is 0 Å². The van der Waals surface area contributed by atoms with E-state index in [1.807, 2.05) is 30.3 Å². The van der Waals surface area contributed by atoms with Gasteiger partial charge in [-0.1, -0.05) is 29.8 Å². The van der Waals surface area contributed by atoms with Crippen molar-refractivity contribution in [3.8, 4) is 17.2 Å². The smallest absolute Gasteiger partial charge is 0.350 e. The van der Waals surface area contributed by atoms with Gasteiger partial charge in [0, 0.05) is 10.6 Å². The maximum absolute atomic E-state index is 12.3. The van der Waals surface area contributed by atoms with E-state index < -0.39 is 11.6 Å². The van der Waals surface area contributed by atoms with Crippen LogP contribution in [0.1, 0.15) is 19.7 Å². The number of ether oxygens (including phenoxy) is 2. The molecule has 26 heavy (non-hydrogen) atoms. The Balaban J connectivity index is 1.59. The number of nitrogens with zero attached hydrogens (tertiary/aromatic N) is 2. The summed E-state index contributed by atoms with van der Waals surface area (Å²) in [5.74, 6) is 0.542. The third-order valence-corrected chi connectivity index (χ3v) is 3.74. The van der Waals surface area contributed by atoms with Crippen LogP contribution in [0.4, 0.5) is 0 Å². The number of carbonyl (C=O) groups is 1. The van der Waals surface area contributed by atoms with Crippen LogP contribution in [0, 0.1) is 0 Å². The first-order chi connectivity index (χ1) is 12.4. The van der Waals surface area contributed by atoms with E-state index in [1.54, 1.807) is 38.1 Å². The van der Waals surface area contributed by atoms with Gasteiger partial charge in [0.05, 0.1) is 0 Å². The second kappa shape index (κ2) is 7.58. The summed E-state index contributed by atoms with van der Waals surface area (Å²) >= 11 is 5.84. The third-order valence-electron chi connectivity index (χ3n) is 3.49. The van der Waals surface area contributed by atoms with E-state index in [0.717, 1.165) is 5.56 Å². The predicted octanol–water partition coefficient (Wildman–Crippen LogP) is 4.29. The second-order valence-electron chi connectivity index (χ2n) is 6.01. The van der Waals surface area contributed by atoms with Crippen LogP contribution in [0.25, 0.3) is 11.5 Å². The summed E-state index contributed by atoms with van der Waals surface area (Å²) in [6, 6.07) is 16.1. The molecule has 0 atom stereocenters. The zero-order valence-electron chi connectivity index (χ0n) is 14.3. The van der Waals surface area contributed by atoms with Gasteiger partial charge in [0.15, 0.2) is 12.2 Å². The summed E-state index contributed by atoms with van der Waals surface area (Å²) in [7, 11) is 0. The lowest BCUT2D eigenvalue weighted by Crippen LogP contribution is -2.39. The van der Waals surface area contributed by atoms with E-state index >= 15 is 0 Å². The molecule has 0 aliphatic heterocycles. The largest absolute Gasteiger partial charge is 0.476 e. The number of esters is 1. The molecular formula is C19H17ClN2O4. The number of hydrogen-bond acceptors (Lipinski definition) is 6. The van der Waals surface area contributed by atoms with Gasteiger partial charge in [-0.3, -0.25) is 0 Å². The van der Waals surface area contributed by atoms with Gasteiger partial charge in [0.2, 0.25) is 5.89 Å². The number of aromatic nitrogens is 2. The highest BCUT2D eigenvalue weighted by atomic mass is 35.5. The quantitative estimate of drug-likeness (QED) is 0.601. The van der Waals surface area contributed by atoms with Crippen molar-refractivity contribution in [2.45, 2.75) is 26.1 Å². The average molecular weight is 373 g/mol. The molecule has 3 rings (SSSR count). The number of halogens is 1. The maximum atomic E-state index is 12.3. The van der Waals surface area contributed by atoms with E-state index in [2.05, 4.69) is 10.2 Å². The topological polar surface area (TPSA) is 74.5 Å². The second-order valence-corrected chi connectivity index (χ2v) is 6.45. The fourth-order valence-corrected chi connectivity index (χ4v) is 2.28. The Morgan fingerprint density at radius 2 is 1.77 bits per heavy atom. The zero-order chi connectivity index (χ0) is 18.6. The molecule has 0 saturated carbocycles. The molecule has 0 bridgehead atoms. The average Bonchev–Trinajstić information content (AvgIpc) is 3.11. The molecule has 0 fully saturated rings. The van der Waals surface area contributed by atoms with Crippen molar-refractivity contribution >= 4 is 17.6 Å². The highest BCUT2D eigenvalue weighted by Gasteiger charge is 2.32. The predicted molar refractivity (Wildman–Crippen MR) is 95.7 cm³/mol. The molecule has 0 aliphatic carbocycles. The van der Waals surface area contributed by atoms with Gasteiger partial charge in [-0.15, -0.1) is 10.2 Å². The summed E-state index contributed by atoms with van der Waals surface area (Å²) < 4.78 is 16.4. The molecule has 1 heterocycles. The molecule has 1 aromatic heterocycles. The lowest BCUT2D eigenvalue weighted by molar-refractivity contribution is -0.161.